The van der Waals surface area contributed by atoms with Crippen LogP contribution in [0.15, 0.2) is 54.7 Å². The second-order valence-electron chi connectivity index (χ2n) is 7.00. The first-order valence-electron chi connectivity index (χ1n) is 9.75. The number of pyridine rings is 1. The molecular formula is C22H24N4O2S. The van der Waals surface area contributed by atoms with Crippen molar-refractivity contribution in [1.29, 1.82) is 0 Å². The molecule has 1 N–H and O–H groups in total. The molecule has 1 aromatic carbocycles. The molecule has 6 nitrogen and oxygen atoms in total. The van der Waals surface area contributed by atoms with E-state index in [9.17, 15) is 4.79 Å². The van der Waals surface area contributed by atoms with Crippen LogP contribution in [0.25, 0.3) is 10.7 Å². The van der Waals surface area contributed by atoms with Gasteiger partial charge >= 0.3 is 0 Å². The van der Waals surface area contributed by atoms with Gasteiger partial charge in [0.25, 0.3) is 5.91 Å². The van der Waals surface area contributed by atoms with Crippen LogP contribution in [0.2, 0.25) is 0 Å². The number of hydrogen-bond acceptors (Lipinski definition) is 6. The maximum absolute atomic E-state index is 13.1. The Morgan fingerprint density at radius 1 is 1.17 bits per heavy atom. The molecule has 4 rings (SSSR count). The zero-order chi connectivity index (χ0) is 20.1. The van der Waals surface area contributed by atoms with Crippen molar-refractivity contribution >= 4 is 17.2 Å². The molecule has 1 fully saturated rings. The molecular weight excluding hydrogens is 384 g/mol. The fourth-order valence-corrected chi connectivity index (χ4v) is 4.34. The van der Waals surface area contributed by atoms with E-state index >= 15 is 0 Å². The SMILES string of the molecule is Cc1nc(-c2ccccn2)sc1C(=O)NC(CN1CCOCC1)c1ccccc1. The molecule has 1 unspecified atom stereocenters. The number of nitrogens with one attached hydrogen (secondary N) is 1. The standard InChI is InChI=1S/C22H24N4O2S/c1-16-20(29-22(24-16)18-9-5-6-10-23-18)21(27)25-19(17-7-3-2-4-8-17)15-26-11-13-28-14-12-26/h2-10,19H,11-15H2,1H3,(H,25,27). The molecule has 150 valence electrons. The summed E-state index contributed by atoms with van der Waals surface area (Å²) in [7, 11) is 0. The predicted octanol–water partition coefficient (Wildman–Crippen LogP) is 3.32. The number of carbonyl (C=O) groups excluding carboxylic acids is 1. The van der Waals surface area contributed by atoms with Gasteiger partial charge in [-0.1, -0.05) is 36.4 Å². The minimum Gasteiger partial charge on any atom is -0.379 e. The number of nitrogens with zero attached hydrogens (tertiary/aromatic N) is 3. The number of rotatable bonds is 6. The van der Waals surface area contributed by atoms with Gasteiger partial charge in [-0.3, -0.25) is 14.7 Å². The van der Waals surface area contributed by atoms with Crippen LogP contribution < -0.4 is 5.32 Å². The smallest absolute Gasteiger partial charge is 0.263 e. The number of aryl methyl sites for hydroxylation is 1. The zero-order valence-electron chi connectivity index (χ0n) is 16.4. The Bertz CT molecular complexity index is 940. The van der Waals surface area contributed by atoms with E-state index in [4.69, 9.17) is 4.74 Å². The van der Waals surface area contributed by atoms with Crippen LogP contribution in [-0.2, 0) is 4.74 Å². The number of thiazole rings is 1. The number of morpholine rings is 1. The molecule has 1 aliphatic rings. The Hall–Kier alpha value is -2.61. The van der Waals surface area contributed by atoms with Gasteiger partial charge in [0.15, 0.2) is 0 Å². The van der Waals surface area contributed by atoms with Crippen molar-refractivity contribution in [2.75, 3.05) is 32.8 Å². The van der Waals surface area contributed by atoms with Crippen molar-refractivity contribution in [3.63, 3.8) is 0 Å². The van der Waals surface area contributed by atoms with Crippen molar-refractivity contribution in [3.05, 3.63) is 70.9 Å². The normalized spacial score (nSPS) is 15.8. The van der Waals surface area contributed by atoms with Gasteiger partial charge in [0.1, 0.15) is 9.88 Å². The summed E-state index contributed by atoms with van der Waals surface area (Å²) in [6, 6.07) is 15.7. The molecule has 0 bridgehead atoms. The van der Waals surface area contributed by atoms with Crippen LogP contribution >= 0.6 is 11.3 Å². The molecule has 1 amide bonds. The summed E-state index contributed by atoms with van der Waals surface area (Å²) < 4.78 is 5.46. The van der Waals surface area contributed by atoms with Gasteiger partial charge in [0.2, 0.25) is 0 Å². The Kier molecular flexibility index (Phi) is 6.29. The van der Waals surface area contributed by atoms with E-state index in [0.717, 1.165) is 54.8 Å². The minimum absolute atomic E-state index is 0.0932. The minimum atomic E-state index is -0.0957. The molecule has 0 aliphatic carbocycles. The van der Waals surface area contributed by atoms with Gasteiger partial charge < -0.3 is 10.1 Å². The summed E-state index contributed by atoms with van der Waals surface area (Å²) in [5, 5.41) is 3.99. The van der Waals surface area contributed by atoms with Crippen LogP contribution in [0.3, 0.4) is 0 Å². The fourth-order valence-electron chi connectivity index (χ4n) is 3.39. The first-order chi connectivity index (χ1) is 14.2. The van der Waals surface area contributed by atoms with E-state index in [2.05, 4.69) is 32.3 Å². The summed E-state index contributed by atoms with van der Waals surface area (Å²) in [6.07, 6.45) is 1.74. The Labute approximate surface area is 174 Å². The van der Waals surface area contributed by atoms with Crippen LogP contribution in [0.5, 0.6) is 0 Å². The number of amides is 1. The van der Waals surface area contributed by atoms with Crippen LogP contribution in [0, 0.1) is 6.92 Å². The molecule has 2 aromatic heterocycles. The summed E-state index contributed by atoms with van der Waals surface area (Å²) in [6.45, 7) is 5.85. The highest BCUT2D eigenvalue weighted by atomic mass is 32.1. The monoisotopic (exact) mass is 408 g/mol. The second-order valence-corrected chi connectivity index (χ2v) is 8.00. The maximum atomic E-state index is 13.1. The molecule has 3 aromatic rings. The lowest BCUT2D eigenvalue weighted by Crippen LogP contribution is -2.43. The molecule has 1 aliphatic heterocycles. The Balaban J connectivity index is 1.54. The lowest BCUT2D eigenvalue weighted by Gasteiger charge is -2.31. The highest BCUT2D eigenvalue weighted by Gasteiger charge is 2.23. The third-order valence-electron chi connectivity index (χ3n) is 4.94. The third kappa shape index (κ3) is 4.87. The van der Waals surface area contributed by atoms with E-state index < -0.39 is 0 Å². The van der Waals surface area contributed by atoms with Gasteiger partial charge in [-0.25, -0.2) is 4.98 Å². The lowest BCUT2D eigenvalue weighted by atomic mass is 10.1. The Morgan fingerprint density at radius 2 is 1.93 bits per heavy atom. The quantitative estimate of drug-likeness (QED) is 0.678. The molecule has 0 radical (unpaired) electrons. The van der Waals surface area contributed by atoms with Crippen molar-refractivity contribution in [2.24, 2.45) is 0 Å². The van der Waals surface area contributed by atoms with Gasteiger partial charge in [0.05, 0.1) is 30.6 Å². The average Bonchev–Trinajstić information content (AvgIpc) is 3.17. The average molecular weight is 409 g/mol. The van der Waals surface area contributed by atoms with E-state index in [0.29, 0.717) is 4.88 Å². The predicted molar refractivity (Wildman–Crippen MR) is 114 cm³/mol. The molecule has 3 heterocycles. The topological polar surface area (TPSA) is 67.4 Å². The maximum Gasteiger partial charge on any atom is 0.263 e. The Morgan fingerprint density at radius 3 is 2.66 bits per heavy atom. The highest BCUT2D eigenvalue weighted by molar-refractivity contribution is 7.17. The fraction of sp³-hybridized carbons (Fsp3) is 0.318. The van der Waals surface area contributed by atoms with Crippen LogP contribution in [0.1, 0.15) is 27.0 Å². The number of carbonyl (C=O) groups is 1. The largest absolute Gasteiger partial charge is 0.379 e. The molecule has 7 heteroatoms. The third-order valence-corrected chi connectivity index (χ3v) is 6.12. The van der Waals surface area contributed by atoms with Gasteiger partial charge in [-0.15, -0.1) is 11.3 Å². The number of hydrogen-bond donors (Lipinski definition) is 1. The van der Waals surface area contributed by atoms with E-state index in [1.165, 1.54) is 11.3 Å². The molecule has 0 spiro atoms. The highest BCUT2D eigenvalue weighted by Crippen LogP contribution is 2.27. The van der Waals surface area contributed by atoms with Crippen molar-refractivity contribution in [1.82, 2.24) is 20.2 Å². The molecule has 1 saturated heterocycles. The van der Waals surface area contributed by atoms with Gasteiger partial charge in [0, 0.05) is 25.8 Å². The summed E-state index contributed by atoms with van der Waals surface area (Å²) >= 11 is 1.38. The van der Waals surface area contributed by atoms with Gasteiger partial charge in [-0.05, 0) is 24.6 Å². The molecule has 0 saturated carbocycles. The van der Waals surface area contributed by atoms with Crippen molar-refractivity contribution in [2.45, 2.75) is 13.0 Å². The van der Waals surface area contributed by atoms with Crippen molar-refractivity contribution in [3.8, 4) is 10.7 Å². The summed E-state index contributed by atoms with van der Waals surface area (Å²) in [4.78, 5) is 25.0. The van der Waals surface area contributed by atoms with E-state index in [-0.39, 0.29) is 11.9 Å². The first kappa shape index (κ1) is 19.7. The summed E-state index contributed by atoms with van der Waals surface area (Å²) in [5.74, 6) is -0.0932. The van der Waals surface area contributed by atoms with Gasteiger partial charge in [-0.2, -0.15) is 0 Å². The van der Waals surface area contributed by atoms with Crippen LogP contribution in [0.4, 0.5) is 0 Å². The number of aromatic nitrogens is 2. The first-order valence-corrected chi connectivity index (χ1v) is 10.6. The van der Waals surface area contributed by atoms with Crippen molar-refractivity contribution < 1.29 is 9.53 Å². The lowest BCUT2D eigenvalue weighted by molar-refractivity contribution is 0.0332. The second kappa shape index (κ2) is 9.26. The number of benzene rings is 1. The zero-order valence-corrected chi connectivity index (χ0v) is 17.2. The van der Waals surface area contributed by atoms with Crippen LogP contribution in [-0.4, -0.2) is 53.6 Å². The molecule has 1 atom stereocenters. The number of ether oxygens (including phenoxy) is 1. The van der Waals surface area contributed by atoms with E-state index in [1.54, 1.807) is 6.20 Å². The summed E-state index contributed by atoms with van der Waals surface area (Å²) in [5.41, 5.74) is 2.61. The van der Waals surface area contributed by atoms with E-state index in [1.807, 2.05) is 43.3 Å². The molecule has 29 heavy (non-hydrogen) atoms.